The number of alkyl halides is 1. The Bertz CT molecular complexity index is 513. The zero-order chi connectivity index (χ0) is 15.1. The van der Waals surface area contributed by atoms with Crippen LogP contribution in [0.3, 0.4) is 0 Å². The maximum Gasteiger partial charge on any atom is 0.214 e. The smallest absolute Gasteiger partial charge is 0.214 e. The molecule has 1 heterocycles. The maximum atomic E-state index is 12.3. The third-order valence-electron chi connectivity index (χ3n) is 3.72. The second-order valence-corrected chi connectivity index (χ2v) is 7.68. The normalized spacial score (nSPS) is 18.0. The highest BCUT2D eigenvalue weighted by atomic mass is 35.5. The number of aryl methyl sites for hydroxylation is 1. The van der Waals surface area contributed by atoms with Gasteiger partial charge in [-0.05, 0) is 24.8 Å². The second kappa shape index (κ2) is 8.13. The van der Waals surface area contributed by atoms with Crippen LogP contribution in [0.4, 0.5) is 0 Å². The van der Waals surface area contributed by atoms with E-state index in [9.17, 15) is 8.42 Å². The third kappa shape index (κ3) is 5.25. The third-order valence-corrected chi connectivity index (χ3v) is 5.74. The molecule has 0 amide bonds. The summed E-state index contributed by atoms with van der Waals surface area (Å²) >= 11 is 5.59. The van der Waals surface area contributed by atoms with Crippen LogP contribution < -0.4 is 0 Å². The van der Waals surface area contributed by atoms with Gasteiger partial charge in [0.2, 0.25) is 10.0 Å². The average molecular weight is 332 g/mol. The molecule has 1 saturated heterocycles. The zero-order valence-corrected chi connectivity index (χ0v) is 13.7. The number of hydrogen-bond acceptors (Lipinski definition) is 3. The topological polar surface area (TPSA) is 46.6 Å². The van der Waals surface area contributed by atoms with E-state index in [1.54, 1.807) is 4.31 Å². The number of nitrogens with zero attached hydrogens (tertiary/aromatic N) is 1. The molecule has 21 heavy (non-hydrogen) atoms. The Kier molecular flexibility index (Phi) is 6.48. The van der Waals surface area contributed by atoms with Gasteiger partial charge < -0.3 is 4.74 Å². The Hall–Kier alpha value is -0.620. The van der Waals surface area contributed by atoms with E-state index in [0.717, 1.165) is 18.4 Å². The minimum Gasteiger partial charge on any atom is -0.377 e. The van der Waals surface area contributed by atoms with Gasteiger partial charge in [0.1, 0.15) is 0 Å². The van der Waals surface area contributed by atoms with Crippen molar-refractivity contribution in [2.24, 2.45) is 0 Å². The first-order valence-corrected chi connectivity index (χ1v) is 9.45. The van der Waals surface area contributed by atoms with Crippen molar-refractivity contribution < 1.29 is 13.2 Å². The van der Waals surface area contributed by atoms with Gasteiger partial charge in [-0.1, -0.05) is 30.3 Å². The SMILES string of the molecule is O=S(=O)(CCc1ccccc1)N1CCC(OCCCl)CC1. The van der Waals surface area contributed by atoms with Crippen molar-refractivity contribution in [1.82, 2.24) is 4.31 Å². The summed E-state index contributed by atoms with van der Waals surface area (Å²) in [6, 6.07) is 9.72. The van der Waals surface area contributed by atoms with Crippen molar-refractivity contribution in [3.8, 4) is 0 Å². The van der Waals surface area contributed by atoms with Crippen LogP contribution >= 0.6 is 11.6 Å². The molecule has 0 aliphatic carbocycles. The predicted octanol–water partition coefficient (Wildman–Crippen LogP) is 2.28. The quantitative estimate of drug-likeness (QED) is 0.720. The minimum atomic E-state index is -3.17. The Morgan fingerprint density at radius 2 is 1.86 bits per heavy atom. The molecule has 0 N–H and O–H groups in total. The van der Waals surface area contributed by atoms with Gasteiger partial charge in [0, 0.05) is 19.0 Å². The van der Waals surface area contributed by atoms with Gasteiger partial charge in [-0.15, -0.1) is 11.6 Å². The van der Waals surface area contributed by atoms with Crippen LogP contribution in [0.25, 0.3) is 0 Å². The van der Waals surface area contributed by atoms with E-state index < -0.39 is 10.0 Å². The van der Waals surface area contributed by atoms with Gasteiger partial charge in [0.15, 0.2) is 0 Å². The van der Waals surface area contributed by atoms with E-state index in [1.807, 2.05) is 30.3 Å². The van der Waals surface area contributed by atoms with Crippen molar-refractivity contribution in [3.63, 3.8) is 0 Å². The summed E-state index contributed by atoms with van der Waals surface area (Å²) in [7, 11) is -3.17. The molecule has 1 aromatic carbocycles. The maximum absolute atomic E-state index is 12.3. The fraction of sp³-hybridized carbons (Fsp3) is 0.600. The lowest BCUT2D eigenvalue weighted by Gasteiger charge is -2.31. The fourth-order valence-corrected chi connectivity index (χ4v) is 4.12. The van der Waals surface area contributed by atoms with E-state index in [-0.39, 0.29) is 11.9 Å². The lowest BCUT2D eigenvalue weighted by molar-refractivity contribution is 0.0301. The standard InChI is InChI=1S/C15H22ClNO3S/c16-9-12-20-15-6-10-17(11-7-15)21(18,19)13-8-14-4-2-1-3-5-14/h1-5,15H,6-13H2. The molecule has 1 aliphatic heterocycles. The number of hydrogen-bond donors (Lipinski definition) is 0. The molecule has 2 rings (SSSR count). The number of rotatable bonds is 7. The summed E-state index contributed by atoms with van der Waals surface area (Å²) in [5.74, 6) is 0.653. The molecule has 0 unspecified atom stereocenters. The molecule has 1 aliphatic rings. The van der Waals surface area contributed by atoms with Crippen LogP contribution in [-0.4, -0.2) is 50.2 Å². The van der Waals surface area contributed by atoms with Crippen LogP contribution in [0, 0.1) is 0 Å². The van der Waals surface area contributed by atoms with Gasteiger partial charge in [-0.2, -0.15) is 0 Å². The molecule has 6 heteroatoms. The number of ether oxygens (including phenoxy) is 1. The molecule has 0 bridgehead atoms. The average Bonchev–Trinajstić information content (AvgIpc) is 2.52. The van der Waals surface area contributed by atoms with Crippen LogP contribution in [0.5, 0.6) is 0 Å². The summed E-state index contributed by atoms with van der Waals surface area (Å²) in [4.78, 5) is 0. The lowest BCUT2D eigenvalue weighted by Crippen LogP contribution is -2.42. The van der Waals surface area contributed by atoms with Gasteiger partial charge in [-0.25, -0.2) is 12.7 Å². The van der Waals surface area contributed by atoms with Crippen molar-refractivity contribution in [3.05, 3.63) is 35.9 Å². The number of benzene rings is 1. The molecule has 0 saturated carbocycles. The van der Waals surface area contributed by atoms with Crippen LogP contribution in [0.2, 0.25) is 0 Å². The van der Waals surface area contributed by atoms with Crippen molar-refractivity contribution in [2.45, 2.75) is 25.4 Å². The summed E-state index contributed by atoms with van der Waals surface area (Å²) in [5, 5.41) is 0. The van der Waals surface area contributed by atoms with E-state index >= 15 is 0 Å². The summed E-state index contributed by atoms with van der Waals surface area (Å²) in [6.07, 6.45) is 2.21. The highest BCUT2D eigenvalue weighted by Crippen LogP contribution is 2.17. The van der Waals surface area contributed by atoms with Gasteiger partial charge in [0.05, 0.1) is 18.5 Å². The summed E-state index contributed by atoms with van der Waals surface area (Å²) in [5.41, 5.74) is 1.06. The Morgan fingerprint density at radius 1 is 1.19 bits per heavy atom. The molecule has 0 atom stereocenters. The van der Waals surface area contributed by atoms with Gasteiger partial charge in [-0.3, -0.25) is 0 Å². The van der Waals surface area contributed by atoms with E-state index in [4.69, 9.17) is 16.3 Å². The highest BCUT2D eigenvalue weighted by molar-refractivity contribution is 7.89. The number of sulfonamides is 1. The van der Waals surface area contributed by atoms with Crippen molar-refractivity contribution in [2.75, 3.05) is 31.3 Å². The molecule has 4 nitrogen and oxygen atoms in total. The monoisotopic (exact) mass is 331 g/mol. The lowest BCUT2D eigenvalue weighted by atomic mass is 10.1. The first-order valence-electron chi connectivity index (χ1n) is 7.31. The molecule has 1 aromatic rings. The van der Waals surface area contributed by atoms with Crippen LogP contribution in [0.15, 0.2) is 30.3 Å². The molecular formula is C15H22ClNO3S. The van der Waals surface area contributed by atoms with Gasteiger partial charge >= 0.3 is 0 Å². The predicted molar refractivity (Wildman–Crippen MR) is 85.2 cm³/mol. The Balaban J connectivity index is 1.81. The summed E-state index contributed by atoms with van der Waals surface area (Å²) < 4.78 is 31.8. The second-order valence-electron chi connectivity index (χ2n) is 5.21. The fourth-order valence-electron chi connectivity index (χ4n) is 2.51. The largest absolute Gasteiger partial charge is 0.377 e. The highest BCUT2D eigenvalue weighted by Gasteiger charge is 2.27. The van der Waals surface area contributed by atoms with E-state index in [0.29, 0.717) is 32.0 Å². The molecule has 1 fully saturated rings. The van der Waals surface area contributed by atoms with E-state index in [1.165, 1.54) is 0 Å². The van der Waals surface area contributed by atoms with Gasteiger partial charge in [0.25, 0.3) is 0 Å². The van der Waals surface area contributed by atoms with Crippen LogP contribution in [0.1, 0.15) is 18.4 Å². The molecule has 0 aromatic heterocycles. The van der Waals surface area contributed by atoms with Crippen LogP contribution in [-0.2, 0) is 21.2 Å². The number of piperidine rings is 1. The Labute approximate surface area is 132 Å². The van der Waals surface area contributed by atoms with E-state index in [2.05, 4.69) is 0 Å². The Morgan fingerprint density at radius 3 is 2.48 bits per heavy atom. The first-order chi connectivity index (χ1) is 10.1. The first kappa shape index (κ1) is 16.7. The molecule has 118 valence electrons. The molecular weight excluding hydrogens is 310 g/mol. The minimum absolute atomic E-state index is 0.143. The number of halogens is 1. The zero-order valence-electron chi connectivity index (χ0n) is 12.1. The van der Waals surface area contributed by atoms with Crippen molar-refractivity contribution in [1.29, 1.82) is 0 Å². The van der Waals surface area contributed by atoms with Crippen molar-refractivity contribution >= 4 is 21.6 Å². The summed E-state index contributed by atoms with van der Waals surface area (Å²) in [6.45, 7) is 1.63. The molecule has 0 spiro atoms. The molecule has 0 radical (unpaired) electrons.